The standard InChI is InChI=1S/C21H26N2O4S/c1-16-5-8-18(15-20(16)23-13-3-4-14-28(23,25)26)21(24)22-12-11-17-6-9-19(27-2)10-7-17/h5-10,15H,3-4,11-14H2,1-2H3,(H,22,24). The summed E-state index contributed by atoms with van der Waals surface area (Å²) in [6.45, 7) is 2.83. The highest BCUT2D eigenvalue weighted by Gasteiger charge is 2.27. The molecule has 6 nitrogen and oxygen atoms in total. The third kappa shape index (κ3) is 4.65. The third-order valence-electron chi connectivity index (χ3n) is 4.95. The molecule has 1 aliphatic rings. The van der Waals surface area contributed by atoms with E-state index in [1.807, 2.05) is 31.2 Å². The van der Waals surface area contributed by atoms with Crippen LogP contribution in [-0.2, 0) is 16.4 Å². The zero-order chi connectivity index (χ0) is 20.1. The normalized spacial score (nSPS) is 15.9. The van der Waals surface area contributed by atoms with Crippen molar-refractivity contribution in [3.8, 4) is 5.75 Å². The highest BCUT2D eigenvalue weighted by atomic mass is 32.2. The Bertz CT molecular complexity index is 939. The maximum atomic E-state index is 12.5. The van der Waals surface area contributed by atoms with E-state index < -0.39 is 10.0 Å². The van der Waals surface area contributed by atoms with Crippen LogP contribution in [0.3, 0.4) is 0 Å². The molecule has 2 aromatic carbocycles. The second kappa shape index (κ2) is 8.65. The van der Waals surface area contributed by atoms with Crippen molar-refractivity contribution in [2.75, 3.05) is 30.3 Å². The number of carbonyl (C=O) groups excluding carboxylic acids is 1. The second-order valence-corrected chi connectivity index (χ2v) is 8.96. The first-order valence-corrected chi connectivity index (χ1v) is 11.0. The average Bonchev–Trinajstić information content (AvgIpc) is 2.69. The fourth-order valence-electron chi connectivity index (χ4n) is 3.29. The predicted molar refractivity (Wildman–Crippen MR) is 111 cm³/mol. The van der Waals surface area contributed by atoms with Crippen molar-refractivity contribution in [2.24, 2.45) is 0 Å². The van der Waals surface area contributed by atoms with Crippen LogP contribution >= 0.6 is 0 Å². The van der Waals surface area contributed by atoms with Gasteiger partial charge in [-0.05, 0) is 61.6 Å². The fourth-order valence-corrected chi connectivity index (χ4v) is 4.99. The van der Waals surface area contributed by atoms with Gasteiger partial charge in [0.25, 0.3) is 5.91 Å². The van der Waals surface area contributed by atoms with E-state index in [-0.39, 0.29) is 11.7 Å². The quantitative estimate of drug-likeness (QED) is 0.806. The van der Waals surface area contributed by atoms with Crippen LogP contribution in [0.5, 0.6) is 5.75 Å². The monoisotopic (exact) mass is 402 g/mol. The van der Waals surface area contributed by atoms with E-state index in [0.29, 0.717) is 37.2 Å². The molecule has 3 rings (SSSR count). The third-order valence-corrected chi connectivity index (χ3v) is 6.80. The van der Waals surface area contributed by atoms with Crippen molar-refractivity contribution in [1.29, 1.82) is 0 Å². The number of benzene rings is 2. The van der Waals surface area contributed by atoms with Crippen LogP contribution in [0.4, 0.5) is 5.69 Å². The molecule has 0 radical (unpaired) electrons. The van der Waals surface area contributed by atoms with Crippen molar-refractivity contribution in [3.63, 3.8) is 0 Å². The molecule has 1 N–H and O–H groups in total. The number of ether oxygens (including phenoxy) is 1. The molecular weight excluding hydrogens is 376 g/mol. The molecule has 0 aromatic heterocycles. The largest absolute Gasteiger partial charge is 0.497 e. The van der Waals surface area contributed by atoms with Gasteiger partial charge in [0.05, 0.1) is 18.6 Å². The minimum atomic E-state index is -3.31. The van der Waals surface area contributed by atoms with Gasteiger partial charge in [-0.3, -0.25) is 9.10 Å². The van der Waals surface area contributed by atoms with Crippen LogP contribution in [0.2, 0.25) is 0 Å². The lowest BCUT2D eigenvalue weighted by atomic mass is 10.1. The van der Waals surface area contributed by atoms with E-state index in [4.69, 9.17) is 4.74 Å². The summed E-state index contributed by atoms with van der Waals surface area (Å²) < 4.78 is 31.4. The van der Waals surface area contributed by atoms with E-state index in [9.17, 15) is 13.2 Å². The number of sulfonamides is 1. The molecule has 2 aromatic rings. The van der Waals surface area contributed by atoms with Crippen LogP contribution < -0.4 is 14.4 Å². The van der Waals surface area contributed by atoms with Gasteiger partial charge in [0, 0.05) is 18.7 Å². The van der Waals surface area contributed by atoms with Gasteiger partial charge in [0.1, 0.15) is 5.75 Å². The van der Waals surface area contributed by atoms with Crippen molar-refractivity contribution < 1.29 is 17.9 Å². The van der Waals surface area contributed by atoms with E-state index in [0.717, 1.165) is 23.3 Å². The molecular formula is C21H26N2O4S. The SMILES string of the molecule is COc1ccc(CCNC(=O)c2ccc(C)c(N3CCCCS3(=O)=O)c2)cc1. The van der Waals surface area contributed by atoms with Gasteiger partial charge in [-0.2, -0.15) is 0 Å². The lowest BCUT2D eigenvalue weighted by Gasteiger charge is -2.29. The maximum absolute atomic E-state index is 12.5. The summed E-state index contributed by atoms with van der Waals surface area (Å²) in [6, 6.07) is 12.9. The van der Waals surface area contributed by atoms with Gasteiger partial charge in [0.2, 0.25) is 10.0 Å². The maximum Gasteiger partial charge on any atom is 0.251 e. The number of nitrogens with one attached hydrogen (secondary N) is 1. The van der Waals surface area contributed by atoms with Crippen molar-refractivity contribution >= 4 is 21.6 Å². The van der Waals surface area contributed by atoms with Crippen LogP contribution in [0.1, 0.15) is 34.3 Å². The number of carbonyl (C=O) groups is 1. The van der Waals surface area contributed by atoms with Gasteiger partial charge in [-0.15, -0.1) is 0 Å². The first kappa shape index (κ1) is 20.2. The molecule has 1 aliphatic heterocycles. The van der Waals surface area contributed by atoms with E-state index in [1.165, 1.54) is 4.31 Å². The number of anilines is 1. The summed E-state index contributed by atoms with van der Waals surface area (Å²) in [4.78, 5) is 12.5. The number of rotatable bonds is 6. The Balaban J connectivity index is 1.66. The van der Waals surface area contributed by atoms with Gasteiger partial charge >= 0.3 is 0 Å². The van der Waals surface area contributed by atoms with Gasteiger partial charge in [0.15, 0.2) is 0 Å². The minimum absolute atomic E-state index is 0.157. The number of amides is 1. The van der Waals surface area contributed by atoms with E-state index in [1.54, 1.807) is 25.3 Å². The van der Waals surface area contributed by atoms with Crippen molar-refractivity contribution in [1.82, 2.24) is 5.32 Å². The lowest BCUT2D eigenvalue weighted by molar-refractivity contribution is 0.0954. The predicted octanol–water partition coefficient (Wildman–Crippen LogP) is 2.91. The van der Waals surface area contributed by atoms with E-state index >= 15 is 0 Å². The van der Waals surface area contributed by atoms with Gasteiger partial charge in [-0.1, -0.05) is 18.2 Å². The van der Waals surface area contributed by atoms with Crippen molar-refractivity contribution in [3.05, 3.63) is 59.2 Å². The zero-order valence-corrected chi connectivity index (χ0v) is 17.1. The highest BCUT2D eigenvalue weighted by Crippen LogP contribution is 2.28. The second-order valence-electron chi connectivity index (χ2n) is 6.95. The molecule has 0 bridgehead atoms. The molecule has 1 saturated heterocycles. The summed E-state index contributed by atoms with van der Waals surface area (Å²) in [5.41, 5.74) is 3.02. The molecule has 28 heavy (non-hydrogen) atoms. The van der Waals surface area contributed by atoms with Crippen LogP contribution in [0, 0.1) is 6.92 Å². The summed E-state index contributed by atoms with van der Waals surface area (Å²) in [7, 11) is -1.68. The van der Waals surface area contributed by atoms with Crippen molar-refractivity contribution in [2.45, 2.75) is 26.2 Å². The molecule has 0 spiro atoms. The number of methoxy groups -OCH3 is 1. The molecule has 150 valence electrons. The zero-order valence-electron chi connectivity index (χ0n) is 16.3. The minimum Gasteiger partial charge on any atom is -0.497 e. The van der Waals surface area contributed by atoms with Crippen LogP contribution in [-0.4, -0.2) is 40.3 Å². The molecule has 0 unspecified atom stereocenters. The summed E-state index contributed by atoms with van der Waals surface area (Å²) in [5, 5.41) is 2.91. The number of hydrogen-bond acceptors (Lipinski definition) is 4. The topological polar surface area (TPSA) is 75.7 Å². The Morgan fingerprint density at radius 3 is 2.57 bits per heavy atom. The fraction of sp³-hybridized carbons (Fsp3) is 0.381. The molecule has 0 aliphatic carbocycles. The summed E-state index contributed by atoms with van der Waals surface area (Å²) in [6.07, 6.45) is 2.22. The number of aryl methyl sites for hydroxylation is 1. The van der Waals surface area contributed by atoms with Gasteiger partial charge < -0.3 is 10.1 Å². The Morgan fingerprint density at radius 2 is 1.89 bits per heavy atom. The number of hydrogen-bond donors (Lipinski definition) is 1. The van der Waals surface area contributed by atoms with Crippen LogP contribution in [0.15, 0.2) is 42.5 Å². The lowest BCUT2D eigenvalue weighted by Crippen LogP contribution is -2.38. The first-order chi connectivity index (χ1) is 13.4. The summed E-state index contributed by atoms with van der Waals surface area (Å²) >= 11 is 0. The Hall–Kier alpha value is -2.54. The smallest absolute Gasteiger partial charge is 0.251 e. The van der Waals surface area contributed by atoms with E-state index in [2.05, 4.69) is 5.32 Å². The Kier molecular flexibility index (Phi) is 6.24. The molecule has 0 atom stereocenters. The number of nitrogens with zero attached hydrogens (tertiary/aromatic N) is 1. The first-order valence-electron chi connectivity index (χ1n) is 9.43. The molecule has 1 fully saturated rings. The molecule has 1 amide bonds. The molecule has 7 heteroatoms. The Labute approximate surface area is 166 Å². The van der Waals surface area contributed by atoms with Crippen LogP contribution in [0.25, 0.3) is 0 Å². The highest BCUT2D eigenvalue weighted by molar-refractivity contribution is 7.92. The summed E-state index contributed by atoms with van der Waals surface area (Å²) in [5.74, 6) is 0.752. The molecule has 1 heterocycles. The van der Waals surface area contributed by atoms with Gasteiger partial charge in [-0.25, -0.2) is 8.42 Å². The molecule has 0 saturated carbocycles. The Morgan fingerprint density at radius 1 is 1.14 bits per heavy atom. The average molecular weight is 403 g/mol.